The number of hydrogen-bond donors (Lipinski definition) is 0. The van der Waals surface area contributed by atoms with Gasteiger partial charge in [-0.1, -0.05) is 53.7 Å². The van der Waals surface area contributed by atoms with E-state index in [-0.39, 0.29) is 35.7 Å². The summed E-state index contributed by atoms with van der Waals surface area (Å²) < 4.78 is 11.8. The van der Waals surface area contributed by atoms with Crippen molar-refractivity contribution < 1.29 is 23.9 Å². The molecular weight excluding hydrogens is 684 g/mol. The van der Waals surface area contributed by atoms with Crippen molar-refractivity contribution in [1.29, 1.82) is 0 Å². The fourth-order valence-electron chi connectivity index (χ4n) is 6.02. The molecule has 2 amide bonds. The Morgan fingerprint density at radius 2 is 1.59 bits per heavy atom. The van der Waals surface area contributed by atoms with E-state index in [2.05, 4.69) is 4.90 Å². The van der Waals surface area contributed by atoms with Gasteiger partial charge in [0.05, 0.1) is 18.6 Å². The summed E-state index contributed by atoms with van der Waals surface area (Å²) >= 11 is 7.57. The van der Waals surface area contributed by atoms with E-state index in [0.29, 0.717) is 48.3 Å². The van der Waals surface area contributed by atoms with E-state index in [1.165, 1.54) is 11.8 Å². The lowest BCUT2D eigenvalue weighted by Gasteiger charge is -2.36. The minimum Gasteiger partial charge on any atom is -0.496 e. The number of thioether (sulfide) groups is 1. The van der Waals surface area contributed by atoms with Crippen LogP contribution in [0.3, 0.4) is 0 Å². The van der Waals surface area contributed by atoms with E-state index in [4.69, 9.17) is 26.1 Å². The normalized spacial score (nSPS) is 15.3. The Morgan fingerprint density at radius 1 is 0.902 bits per heavy atom. The number of Topliss-reactive ketones (excluding diaryl/α,β-unsaturated/α-hetero) is 1. The lowest BCUT2D eigenvalue weighted by atomic mass is 10.1. The third-order valence-electron chi connectivity index (χ3n) is 8.86. The maximum atomic E-state index is 13.8. The Labute approximate surface area is 307 Å². The first-order valence-electron chi connectivity index (χ1n) is 16.6. The summed E-state index contributed by atoms with van der Waals surface area (Å²) in [4.78, 5) is 49.1. The molecule has 4 aromatic rings. The van der Waals surface area contributed by atoms with Crippen molar-refractivity contribution in [2.45, 2.75) is 27.4 Å². The van der Waals surface area contributed by atoms with Crippen LogP contribution in [0.5, 0.6) is 11.5 Å². The average Bonchev–Trinajstić information content (AvgIpc) is 3.46. The van der Waals surface area contributed by atoms with Crippen LogP contribution < -0.4 is 19.3 Å². The molecule has 0 aromatic heterocycles. The van der Waals surface area contributed by atoms with Crippen LogP contribution in [0.2, 0.25) is 5.02 Å². The molecule has 11 heteroatoms. The van der Waals surface area contributed by atoms with Gasteiger partial charge in [-0.3, -0.25) is 19.3 Å². The molecule has 262 valence electrons. The topological polar surface area (TPSA) is 91.8 Å². The number of amidine groups is 1. The molecule has 9 nitrogen and oxygen atoms in total. The standard InChI is InChI=1S/C40H39ClN4O5S/c1-26-20-34(21-27(2)38(26)41)50-24-31-11-10-29(23-36(31)49-4)22-35-39(48)45(33-8-6-5-7-9-33)40(42-35)51-25-37(47)44-18-16-43(17-19-44)32-14-12-30(13-15-32)28(3)46/h5-15,20-23H,16-19,24-25H2,1-4H3/b35-22+. The largest absolute Gasteiger partial charge is 0.496 e. The predicted octanol–water partition coefficient (Wildman–Crippen LogP) is 7.57. The third kappa shape index (κ3) is 8.30. The number of aryl methyl sites for hydroxylation is 2. The van der Waals surface area contributed by atoms with Crippen LogP contribution in [0.25, 0.3) is 6.08 Å². The Morgan fingerprint density at radius 3 is 2.24 bits per heavy atom. The number of carbonyl (C=O) groups excluding carboxylic acids is 3. The number of anilines is 2. The first-order valence-corrected chi connectivity index (χ1v) is 18.0. The number of amides is 2. The van der Waals surface area contributed by atoms with Gasteiger partial charge in [0.2, 0.25) is 5.91 Å². The molecule has 6 rings (SSSR count). The number of halogens is 1. The summed E-state index contributed by atoms with van der Waals surface area (Å²) in [5.74, 6) is 1.23. The molecule has 2 aliphatic heterocycles. The number of ether oxygens (including phenoxy) is 2. The summed E-state index contributed by atoms with van der Waals surface area (Å²) in [5, 5.41) is 1.17. The Bertz CT molecular complexity index is 1980. The molecule has 0 aliphatic carbocycles. The molecule has 0 atom stereocenters. The van der Waals surface area contributed by atoms with Crippen molar-refractivity contribution in [2.75, 3.05) is 48.8 Å². The number of aliphatic imine (C=N–C) groups is 1. The number of methoxy groups -OCH3 is 1. The molecule has 51 heavy (non-hydrogen) atoms. The fraction of sp³-hybridized carbons (Fsp3) is 0.250. The molecule has 1 saturated heterocycles. The van der Waals surface area contributed by atoms with Crippen molar-refractivity contribution in [3.8, 4) is 11.5 Å². The minimum absolute atomic E-state index is 0.0152. The number of para-hydroxylation sites is 1. The second-order valence-electron chi connectivity index (χ2n) is 12.4. The first-order chi connectivity index (χ1) is 24.6. The predicted molar refractivity (Wildman–Crippen MR) is 205 cm³/mol. The van der Waals surface area contributed by atoms with Gasteiger partial charge in [-0.25, -0.2) is 4.99 Å². The highest BCUT2D eigenvalue weighted by Crippen LogP contribution is 2.32. The molecule has 0 saturated carbocycles. The van der Waals surface area contributed by atoms with Crippen molar-refractivity contribution in [3.63, 3.8) is 0 Å². The van der Waals surface area contributed by atoms with Gasteiger partial charge < -0.3 is 19.3 Å². The lowest BCUT2D eigenvalue weighted by Crippen LogP contribution is -2.49. The number of carbonyl (C=O) groups is 3. The summed E-state index contributed by atoms with van der Waals surface area (Å²) in [6.45, 7) is 8.27. The highest BCUT2D eigenvalue weighted by atomic mass is 35.5. The highest BCUT2D eigenvalue weighted by molar-refractivity contribution is 8.14. The molecule has 0 N–H and O–H groups in total. The van der Waals surface area contributed by atoms with Crippen LogP contribution in [0.4, 0.5) is 11.4 Å². The van der Waals surface area contributed by atoms with Crippen LogP contribution in [0, 0.1) is 13.8 Å². The van der Waals surface area contributed by atoms with Gasteiger partial charge in [0.15, 0.2) is 11.0 Å². The van der Waals surface area contributed by atoms with Gasteiger partial charge in [0.1, 0.15) is 23.8 Å². The van der Waals surface area contributed by atoms with Gasteiger partial charge in [-0.2, -0.15) is 0 Å². The zero-order valence-corrected chi connectivity index (χ0v) is 30.6. The fourth-order valence-corrected chi connectivity index (χ4v) is 7.04. The van der Waals surface area contributed by atoms with Crippen LogP contribution in [0.15, 0.2) is 95.6 Å². The van der Waals surface area contributed by atoms with Crippen molar-refractivity contribution >= 4 is 63.6 Å². The zero-order valence-electron chi connectivity index (χ0n) is 29.0. The van der Waals surface area contributed by atoms with E-state index in [0.717, 1.165) is 38.7 Å². The second kappa shape index (κ2) is 15.9. The molecular formula is C40H39ClN4O5S. The number of benzene rings is 4. The molecule has 1 fully saturated rings. The van der Waals surface area contributed by atoms with Crippen molar-refractivity contribution in [1.82, 2.24) is 4.90 Å². The van der Waals surface area contributed by atoms with Gasteiger partial charge in [-0.05, 0) is 98.1 Å². The molecule has 0 bridgehead atoms. The second-order valence-corrected chi connectivity index (χ2v) is 13.7. The average molecular weight is 723 g/mol. The number of nitrogens with zero attached hydrogens (tertiary/aromatic N) is 4. The minimum atomic E-state index is -0.277. The van der Waals surface area contributed by atoms with E-state index < -0.39 is 0 Å². The summed E-state index contributed by atoms with van der Waals surface area (Å²) in [6, 6.07) is 26.4. The van der Waals surface area contributed by atoms with E-state index in [1.54, 1.807) is 25.0 Å². The van der Waals surface area contributed by atoms with Crippen LogP contribution in [0.1, 0.15) is 39.5 Å². The quantitative estimate of drug-likeness (QED) is 0.123. The maximum absolute atomic E-state index is 13.8. The van der Waals surface area contributed by atoms with Crippen LogP contribution >= 0.6 is 23.4 Å². The van der Waals surface area contributed by atoms with E-state index >= 15 is 0 Å². The smallest absolute Gasteiger partial charge is 0.283 e. The molecule has 2 heterocycles. The zero-order chi connectivity index (χ0) is 36.1. The molecule has 2 aliphatic rings. The van der Waals surface area contributed by atoms with Crippen LogP contribution in [-0.4, -0.2) is 66.7 Å². The monoisotopic (exact) mass is 722 g/mol. The Hall–Kier alpha value is -5.06. The molecule has 0 unspecified atom stereocenters. The highest BCUT2D eigenvalue weighted by Gasteiger charge is 2.33. The SMILES string of the molecule is COc1cc(/C=C2/N=C(SCC(=O)N3CCN(c4ccc(C(C)=O)cc4)CC3)N(c3ccccc3)C2=O)ccc1COc1cc(C)c(Cl)c(C)c1. The molecule has 4 aromatic carbocycles. The number of piperazine rings is 1. The number of rotatable bonds is 10. The van der Waals surface area contributed by atoms with Crippen molar-refractivity contribution in [2.24, 2.45) is 4.99 Å². The van der Waals surface area contributed by atoms with E-state index in [9.17, 15) is 14.4 Å². The summed E-state index contributed by atoms with van der Waals surface area (Å²) in [7, 11) is 1.60. The first kappa shape index (κ1) is 35.8. The molecule has 0 radical (unpaired) electrons. The Kier molecular flexibility index (Phi) is 11.1. The van der Waals surface area contributed by atoms with Gasteiger partial charge in [-0.15, -0.1) is 0 Å². The Balaban J connectivity index is 1.14. The summed E-state index contributed by atoms with van der Waals surface area (Å²) in [5.41, 5.74) is 6.12. The molecule has 0 spiro atoms. The third-order valence-corrected chi connectivity index (χ3v) is 10.4. The van der Waals surface area contributed by atoms with Crippen LogP contribution in [-0.2, 0) is 16.2 Å². The summed E-state index contributed by atoms with van der Waals surface area (Å²) in [6.07, 6.45) is 1.73. The van der Waals surface area contributed by atoms with Gasteiger partial charge in [0.25, 0.3) is 5.91 Å². The van der Waals surface area contributed by atoms with Crippen molar-refractivity contribution in [3.05, 3.63) is 123 Å². The van der Waals surface area contributed by atoms with E-state index in [1.807, 2.05) is 104 Å². The van der Waals surface area contributed by atoms with Gasteiger partial charge >= 0.3 is 0 Å². The lowest BCUT2D eigenvalue weighted by molar-refractivity contribution is -0.128. The number of hydrogen-bond acceptors (Lipinski definition) is 8. The number of ketones is 1. The van der Waals surface area contributed by atoms with Gasteiger partial charge in [0, 0.05) is 48.0 Å². The maximum Gasteiger partial charge on any atom is 0.283 e.